The quantitative estimate of drug-likeness (QED) is 0.684. The van der Waals surface area contributed by atoms with E-state index in [0.29, 0.717) is 5.82 Å². The number of carboxylic acid groups (broad SMARTS) is 1. The average molecular weight is 171 g/mol. The lowest BCUT2D eigenvalue weighted by atomic mass is 10.6. The summed E-state index contributed by atoms with van der Waals surface area (Å²) in [6, 6.07) is 0.218. The summed E-state index contributed by atoms with van der Waals surface area (Å²) in [4.78, 5) is 15.5. The van der Waals surface area contributed by atoms with Gasteiger partial charge in [-0.25, -0.2) is 0 Å². The molecule has 1 aromatic rings. The Bertz CT molecular complexity index is 283. The molecule has 1 N–H and O–H groups in total. The van der Waals surface area contributed by atoms with Crippen LogP contribution in [0.25, 0.3) is 0 Å². The van der Waals surface area contributed by atoms with E-state index in [1.54, 1.807) is 14.0 Å². The van der Waals surface area contributed by atoms with Crippen molar-refractivity contribution in [2.24, 2.45) is 0 Å². The van der Waals surface area contributed by atoms with Gasteiger partial charge in [0.25, 0.3) is 0 Å². The number of nitrogens with zero attached hydrogens (tertiary/aromatic N) is 3. The Kier molecular flexibility index (Phi) is 2.27. The Morgan fingerprint density at radius 2 is 2.42 bits per heavy atom. The lowest BCUT2D eigenvalue weighted by molar-refractivity contribution is -0.135. The van der Waals surface area contributed by atoms with Crippen molar-refractivity contribution in [1.29, 1.82) is 0 Å². The number of aliphatic carboxylic acids is 1. The second-order valence-corrected chi connectivity index (χ2v) is 2.37. The lowest BCUT2D eigenvalue weighted by Crippen LogP contribution is -2.25. The maximum absolute atomic E-state index is 10.3. The van der Waals surface area contributed by atoms with Gasteiger partial charge >= 0.3 is 12.0 Å². The van der Waals surface area contributed by atoms with Gasteiger partial charge in [0.2, 0.25) is 0 Å². The first kappa shape index (κ1) is 8.51. The molecule has 0 spiro atoms. The third kappa shape index (κ3) is 1.94. The van der Waals surface area contributed by atoms with Crippen molar-refractivity contribution >= 4 is 12.0 Å². The van der Waals surface area contributed by atoms with Crippen molar-refractivity contribution < 1.29 is 14.4 Å². The summed E-state index contributed by atoms with van der Waals surface area (Å²) >= 11 is 0. The SMILES string of the molecule is Cc1noc(N(C)CC(=O)O)n1. The van der Waals surface area contributed by atoms with Crippen LogP contribution in [0, 0.1) is 6.92 Å². The summed E-state index contributed by atoms with van der Waals surface area (Å²) in [7, 11) is 1.57. The molecule has 1 heterocycles. The minimum absolute atomic E-state index is 0.151. The van der Waals surface area contributed by atoms with Crippen LogP contribution in [0.4, 0.5) is 6.01 Å². The smallest absolute Gasteiger partial charge is 0.324 e. The molecule has 0 saturated carbocycles. The molecule has 0 unspecified atom stereocenters. The number of carbonyl (C=O) groups is 1. The zero-order valence-corrected chi connectivity index (χ0v) is 6.81. The number of anilines is 1. The van der Waals surface area contributed by atoms with Crippen LogP contribution in [0.3, 0.4) is 0 Å². The molecule has 66 valence electrons. The molecule has 6 nitrogen and oxygen atoms in total. The molecule has 0 aliphatic heterocycles. The Morgan fingerprint density at radius 3 is 2.83 bits per heavy atom. The maximum atomic E-state index is 10.3. The maximum Gasteiger partial charge on any atom is 0.324 e. The Balaban J connectivity index is 2.64. The van der Waals surface area contributed by atoms with E-state index in [4.69, 9.17) is 9.63 Å². The van der Waals surface area contributed by atoms with E-state index in [-0.39, 0.29) is 12.6 Å². The first-order chi connectivity index (χ1) is 5.59. The fraction of sp³-hybridized carbons (Fsp3) is 0.500. The second kappa shape index (κ2) is 3.21. The van der Waals surface area contributed by atoms with Crippen LogP contribution in [-0.4, -0.2) is 34.8 Å². The summed E-state index contributed by atoms with van der Waals surface area (Å²) in [5, 5.41) is 11.9. The van der Waals surface area contributed by atoms with Crippen molar-refractivity contribution in [3.05, 3.63) is 5.82 Å². The average Bonchev–Trinajstić information content (AvgIpc) is 2.34. The van der Waals surface area contributed by atoms with E-state index in [2.05, 4.69) is 10.1 Å². The van der Waals surface area contributed by atoms with E-state index >= 15 is 0 Å². The molecule has 0 fully saturated rings. The van der Waals surface area contributed by atoms with Gasteiger partial charge in [0.1, 0.15) is 6.54 Å². The Labute approximate surface area is 68.8 Å². The normalized spacial score (nSPS) is 9.83. The van der Waals surface area contributed by atoms with Gasteiger partial charge in [-0.3, -0.25) is 4.79 Å². The van der Waals surface area contributed by atoms with Gasteiger partial charge in [-0.05, 0) is 6.92 Å². The van der Waals surface area contributed by atoms with Crippen molar-refractivity contribution in [1.82, 2.24) is 10.1 Å². The van der Waals surface area contributed by atoms with Crippen LogP contribution in [0.5, 0.6) is 0 Å². The van der Waals surface area contributed by atoms with Crippen LogP contribution in [-0.2, 0) is 4.79 Å². The summed E-state index contributed by atoms with van der Waals surface area (Å²) < 4.78 is 4.73. The molecule has 1 rings (SSSR count). The highest BCUT2D eigenvalue weighted by Crippen LogP contribution is 2.06. The first-order valence-corrected chi connectivity index (χ1v) is 3.33. The van der Waals surface area contributed by atoms with Gasteiger partial charge in [0.15, 0.2) is 5.82 Å². The molecule has 0 saturated heterocycles. The molecular weight excluding hydrogens is 162 g/mol. The second-order valence-electron chi connectivity index (χ2n) is 2.37. The minimum atomic E-state index is -0.937. The standard InChI is InChI=1S/C6H9N3O3/c1-4-7-6(12-8-4)9(2)3-5(10)11/h3H2,1-2H3,(H,10,11). The zero-order chi connectivity index (χ0) is 9.14. The number of aromatic nitrogens is 2. The highest BCUT2D eigenvalue weighted by molar-refractivity contribution is 5.72. The molecule has 0 bridgehead atoms. The highest BCUT2D eigenvalue weighted by atomic mass is 16.5. The van der Waals surface area contributed by atoms with Crippen LogP contribution < -0.4 is 4.90 Å². The van der Waals surface area contributed by atoms with Crippen LogP contribution in [0.2, 0.25) is 0 Å². The molecule has 0 aliphatic carbocycles. The Hall–Kier alpha value is -1.59. The van der Waals surface area contributed by atoms with E-state index in [9.17, 15) is 4.79 Å². The number of rotatable bonds is 3. The number of likely N-dealkylation sites (N-methyl/N-ethyl adjacent to an activating group) is 1. The summed E-state index contributed by atoms with van der Waals surface area (Å²) in [5.74, 6) is -0.449. The zero-order valence-electron chi connectivity index (χ0n) is 6.81. The molecule has 6 heteroatoms. The van der Waals surface area contributed by atoms with Crippen molar-refractivity contribution in [3.63, 3.8) is 0 Å². The van der Waals surface area contributed by atoms with Gasteiger partial charge in [-0.2, -0.15) is 4.98 Å². The van der Waals surface area contributed by atoms with E-state index in [1.165, 1.54) is 4.90 Å². The van der Waals surface area contributed by atoms with E-state index in [1.807, 2.05) is 0 Å². The van der Waals surface area contributed by atoms with Gasteiger partial charge in [0.05, 0.1) is 0 Å². The number of carboxylic acids is 1. The highest BCUT2D eigenvalue weighted by Gasteiger charge is 2.11. The van der Waals surface area contributed by atoms with Gasteiger partial charge in [0, 0.05) is 7.05 Å². The minimum Gasteiger partial charge on any atom is -0.480 e. The molecule has 0 atom stereocenters. The predicted molar refractivity (Wildman–Crippen MR) is 39.9 cm³/mol. The van der Waals surface area contributed by atoms with E-state index < -0.39 is 5.97 Å². The lowest BCUT2D eigenvalue weighted by Gasteiger charge is -2.08. The van der Waals surface area contributed by atoms with Gasteiger partial charge < -0.3 is 14.5 Å². The molecule has 0 aromatic carbocycles. The summed E-state index contributed by atoms with van der Waals surface area (Å²) in [5.41, 5.74) is 0. The van der Waals surface area contributed by atoms with E-state index in [0.717, 1.165) is 0 Å². The first-order valence-electron chi connectivity index (χ1n) is 3.33. The van der Waals surface area contributed by atoms with Crippen LogP contribution >= 0.6 is 0 Å². The topological polar surface area (TPSA) is 79.5 Å². The molecule has 0 radical (unpaired) electrons. The van der Waals surface area contributed by atoms with Crippen molar-refractivity contribution in [2.45, 2.75) is 6.92 Å². The third-order valence-corrected chi connectivity index (χ3v) is 1.22. The van der Waals surface area contributed by atoms with Crippen LogP contribution in [0.1, 0.15) is 5.82 Å². The van der Waals surface area contributed by atoms with Gasteiger partial charge in [-0.15, -0.1) is 0 Å². The number of aryl methyl sites for hydroxylation is 1. The fourth-order valence-electron chi connectivity index (χ4n) is 0.712. The molecule has 0 amide bonds. The van der Waals surface area contributed by atoms with Crippen LogP contribution in [0.15, 0.2) is 4.52 Å². The monoisotopic (exact) mass is 171 g/mol. The number of hydrogen-bond acceptors (Lipinski definition) is 5. The van der Waals surface area contributed by atoms with Gasteiger partial charge in [-0.1, -0.05) is 5.16 Å². The third-order valence-electron chi connectivity index (χ3n) is 1.22. The molecule has 12 heavy (non-hydrogen) atoms. The predicted octanol–water partition coefficient (Wildman–Crippen LogP) is -0.101. The molecular formula is C6H9N3O3. The number of hydrogen-bond donors (Lipinski definition) is 1. The molecule has 0 aliphatic rings. The largest absolute Gasteiger partial charge is 0.480 e. The Morgan fingerprint density at radius 1 is 1.75 bits per heavy atom. The summed E-state index contributed by atoms with van der Waals surface area (Å²) in [6.07, 6.45) is 0. The van der Waals surface area contributed by atoms with Crippen molar-refractivity contribution in [3.8, 4) is 0 Å². The fourth-order valence-corrected chi connectivity index (χ4v) is 0.712. The molecule has 1 aromatic heterocycles. The summed E-state index contributed by atoms with van der Waals surface area (Å²) in [6.45, 7) is 1.52. The van der Waals surface area contributed by atoms with Crippen molar-refractivity contribution in [2.75, 3.05) is 18.5 Å².